The second-order valence-electron chi connectivity index (χ2n) is 7.72. The molecule has 2 aromatic carbocycles. The number of nitrogens with zero attached hydrogens (tertiary/aromatic N) is 5. The minimum absolute atomic E-state index is 0.885. The molecule has 4 rings (SSSR count). The van der Waals surface area contributed by atoms with Gasteiger partial charge in [0.15, 0.2) is 0 Å². The molecule has 154 valence electrons. The van der Waals surface area contributed by atoms with E-state index < -0.39 is 0 Å². The van der Waals surface area contributed by atoms with Crippen molar-refractivity contribution in [3.63, 3.8) is 0 Å². The van der Waals surface area contributed by atoms with Crippen molar-refractivity contribution in [2.24, 2.45) is 0 Å². The molecule has 2 aromatic heterocycles. The molecule has 0 saturated carbocycles. The Hall–Kier alpha value is -3.18. The van der Waals surface area contributed by atoms with Crippen LogP contribution in [0.1, 0.15) is 24.8 Å². The number of aryl methyl sites for hydroxylation is 1. The van der Waals surface area contributed by atoms with Crippen molar-refractivity contribution in [3.8, 4) is 16.9 Å². The van der Waals surface area contributed by atoms with Crippen LogP contribution in [0.5, 0.6) is 0 Å². The Kier molecular flexibility index (Phi) is 6.72. The molecule has 5 nitrogen and oxygen atoms in total. The van der Waals surface area contributed by atoms with E-state index in [0.717, 1.165) is 43.0 Å². The summed E-state index contributed by atoms with van der Waals surface area (Å²) < 4.78 is 4.00. The van der Waals surface area contributed by atoms with E-state index in [-0.39, 0.29) is 0 Å². The summed E-state index contributed by atoms with van der Waals surface area (Å²) in [5.41, 5.74) is 4.56. The van der Waals surface area contributed by atoms with Crippen LogP contribution in [0.4, 0.5) is 0 Å². The maximum Gasteiger partial charge on any atom is 0.0972 e. The highest BCUT2D eigenvalue weighted by Gasteiger charge is 2.14. The van der Waals surface area contributed by atoms with E-state index in [2.05, 4.69) is 59.6 Å². The van der Waals surface area contributed by atoms with E-state index in [1.165, 1.54) is 18.4 Å². The highest BCUT2D eigenvalue weighted by Crippen LogP contribution is 2.24. The number of rotatable bonds is 10. The zero-order valence-corrected chi connectivity index (χ0v) is 17.6. The van der Waals surface area contributed by atoms with Crippen molar-refractivity contribution < 1.29 is 0 Å². The Morgan fingerprint density at radius 1 is 0.867 bits per heavy atom. The van der Waals surface area contributed by atoms with Crippen LogP contribution in [-0.4, -0.2) is 38.1 Å². The fraction of sp³-hybridized carbons (Fsp3) is 0.280. The van der Waals surface area contributed by atoms with Gasteiger partial charge in [-0.25, -0.2) is 4.68 Å². The first-order valence-electron chi connectivity index (χ1n) is 10.6. The van der Waals surface area contributed by atoms with Gasteiger partial charge >= 0.3 is 0 Å². The van der Waals surface area contributed by atoms with Gasteiger partial charge in [-0.3, -0.25) is 4.68 Å². The van der Waals surface area contributed by atoms with Gasteiger partial charge in [0.2, 0.25) is 0 Å². The van der Waals surface area contributed by atoms with Crippen LogP contribution in [0.15, 0.2) is 85.3 Å². The lowest BCUT2D eigenvalue weighted by molar-refractivity contribution is 0.316. The SMILES string of the molecule is CN(CCCCCn1cccn1)Cc1cn(-c2ccccc2)nc1-c1ccccc1. The van der Waals surface area contributed by atoms with Crippen molar-refractivity contribution in [3.05, 3.63) is 90.9 Å². The Bertz CT molecular complexity index is 1010. The molecule has 0 radical (unpaired) electrons. The zero-order chi connectivity index (χ0) is 20.6. The molecule has 0 bridgehead atoms. The van der Waals surface area contributed by atoms with E-state index in [1.54, 1.807) is 0 Å². The number of aromatic nitrogens is 4. The highest BCUT2D eigenvalue weighted by atomic mass is 15.3. The Morgan fingerprint density at radius 3 is 2.37 bits per heavy atom. The minimum Gasteiger partial charge on any atom is -0.302 e. The van der Waals surface area contributed by atoms with Crippen LogP contribution in [0.2, 0.25) is 0 Å². The van der Waals surface area contributed by atoms with Gasteiger partial charge in [-0.15, -0.1) is 0 Å². The Morgan fingerprint density at radius 2 is 1.63 bits per heavy atom. The second-order valence-corrected chi connectivity index (χ2v) is 7.72. The van der Waals surface area contributed by atoms with Crippen LogP contribution in [0.3, 0.4) is 0 Å². The predicted molar refractivity (Wildman–Crippen MR) is 121 cm³/mol. The smallest absolute Gasteiger partial charge is 0.0972 e. The number of hydrogen-bond acceptors (Lipinski definition) is 3. The summed E-state index contributed by atoms with van der Waals surface area (Å²) in [5.74, 6) is 0. The normalized spacial score (nSPS) is 11.3. The first kappa shape index (κ1) is 20.1. The summed E-state index contributed by atoms with van der Waals surface area (Å²) in [6.07, 6.45) is 9.60. The first-order chi connectivity index (χ1) is 14.8. The molecular weight excluding hydrogens is 370 g/mol. The topological polar surface area (TPSA) is 38.9 Å². The third-order valence-electron chi connectivity index (χ3n) is 5.28. The Balaban J connectivity index is 1.40. The van der Waals surface area contributed by atoms with Crippen molar-refractivity contribution in [1.82, 2.24) is 24.5 Å². The standard InChI is InChI=1S/C25H29N5/c1-28(17-9-4-10-18-29-19-11-16-26-29)20-23-21-30(24-14-7-3-8-15-24)27-25(23)22-12-5-2-6-13-22/h2-3,5-8,11-16,19,21H,4,9-10,17-18,20H2,1H3. The number of hydrogen-bond donors (Lipinski definition) is 0. The van der Waals surface area contributed by atoms with Crippen molar-refractivity contribution >= 4 is 0 Å². The molecule has 5 heteroatoms. The second kappa shape index (κ2) is 10.0. The van der Waals surface area contributed by atoms with Gasteiger partial charge in [0, 0.05) is 42.8 Å². The number of benzene rings is 2. The molecule has 0 spiro atoms. The van der Waals surface area contributed by atoms with E-state index in [1.807, 2.05) is 52.1 Å². The number of unbranched alkanes of at least 4 members (excludes halogenated alkanes) is 2. The number of para-hydroxylation sites is 1. The molecule has 4 aromatic rings. The maximum atomic E-state index is 4.92. The van der Waals surface area contributed by atoms with Gasteiger partial charge < -0.3 is 4.90 Å². The molecule has 0 fully saturated rings. The summed E-state index contributed by atoms with van der Waals surface area (Å²) >= 11 is 0. The summed E-state index contributed by atoms with van der Waals surface area (Å²) in [4.78, 5) is 2.40. The molecule has 30 heavy (non-hydrogen) atoms. The molecular formula is C25H29N5. The molecule has 0 aliphatic rings. The molecule has 0 saturated heterocycles. The monoisotopic (exact) mass is 399 g/mol. The zero-order valence-electron chi connectivity index (χ0n) is 17.6. The van der Waals surface area contributed by atoms with Gasteiger partial charge in [0.25, 0.3) is 0 Å². The molecule has 0 amide bonds. The molecule has 0 aliphatic heterocycles. The molecule has 0 atom stereocenters. The van der Waals surface area contributed by atoms with Crippen LogP contribution < -0.4 is 0 Å². The average Bonchev–Trinajstić information content (AvgIpc) is 3.45. The van der Waals surface area contributed by atoms with Gasteiger partial charge in [-0.05, 0) is 44.6 Å². The third kappa shape index (κ3) is 5.24. The molecule has 0 unspecified atom stereocenters. The fourth-order valence-electron chi connectivity index (χ4n) is 3.71. The summed E-state index contributed by atoms with van der Waals surface area (Å²) in [7, 11) is 2.20. The van der Waals surface area contributed by atoms with Crippen LogP contribution in [0.25, 0.3) is 16.9 Å². The van der Waals surface area contributed by atoms with Gasteiger partial charge in [0.05, 0.1) is 11.4 Å². The van der Waals surface area contributed by atoms with E-state index in [0.29, 0.717) is 0 Å². The molecule has 0 N–H and O–H groups in total. The lowest BCUT2D eigenvalue weighted by Gasteiger charge is -2.16. The summed E-state index contributed by atoms with van der Waals surface area (Å²) in [6, 6.07) is 22.8. The minimum atomic E-state index is 0.885. The van der Waals surface area contributed by atoms with Crippen molar-refractivity contribution in [2.75, 3.05) is 13.6 Å². The van der Waals surface area contributed by atoms with E-state index in [9.17, 15) is 0 Å². The molecule has 2 heterocycles. The largest absolute Gasteiger partial charge is 0.302 e. The maximum absolute atomic E-state index is 4.92. The van der Waals surface area contributed by atoms with Gasteiger partial charge in [-0.1, -0.05) is 55.0 Å². The fourth-order valence-corrected chi connectivity index (χ4v) is 3.71. The van der Waals surface area contributed by atoms with E-state index >= 15 is 0 Å². The van der Waals surface area contributed by atoms with Crippen molar-refractivity contribution in [1.29, 1.82) is 0 Å². The van der Waals surface area contributed by atoms with Crippen molar-refractivity contribution in [2.45, 2.75) is 32.4 Å². The lowest BCUT2D eigenvalue weighted by Crippen LogP contribution is -2.19. The quantitative estimate of drug-likeness (QED) is 0.351. The predicted octanol–water partition coefficient (Wildman–Crippen LogP) is 5.04. The average molecular weight is 400 g/mol. The van der Waals surface area contributed by atoms with Crippen LogP contribution in [0, 0.1) is 0 Å². The molecule has 0 aliphatic carbocycles. The van der Waals surface area contributed by atoms with Gasteiger partial charge in [0.1, 0.15) is 0 Å². The highest BCUT2D eigenvalue weighted by molar-refractivity contribution is 5.63. The van der Waals surface area contributed by atoms with Crippen LogP contribution in [-0.2, 0) is 13.1 Å². The summed E-state index contributed by atoms with van der Waals surface area (Å²) in [5, 5.41) is 9.19. The lowest BCUT2D eigenvalue weighted by atomic mass is 10.1. The van der Waals surface area contributed by atoms with Gasteiger partial charge in [-0.2, -0.15) is 10.2 Å². The third-order valence-corrected chi connectivity index (χ3v) is 5.28. The first-order valence-corrected chi connectivity index (χ1v) is 10.6. The van der Waals surface area contributed by atoms with Crippen LogP contribution >= 0.6 is 0 Å². The van der Waals surface area contributed by atoms with E-state index in [4.69, 9.17) is 5.10 Å². The summed E-state index contributed by atoms with van der Waals surface area (Å²) in [6.45, 7) is 2.96. The Labute approximate surface area is 178 Å².